The Morgan fingerprint density at radius 2 is 1.87 bits per heavy atom. The lowest BCUT2D eigenvalue weighted by atomic mass is 10.1. The van der Waals surface area contributed by atoms with E-state index >= 15 is 0 Å². The maximum atomic E-state index is 12.8. The molecule has 0 unspecified atom stereocenters. The molecule has 31 heavy (non-hydrogen) atoms. The van der Waals surface area contributed by atoms with E-state index in [2.05, 4.69) is 0 Å². The third kappa shape index (κ3) is 4.71. The van der Waals surface area contributed by atoms with Crippen LogP contribution in [-0.4, -0.2) is 42.5 Å². The Labute approximate surface area is 193 Å². The van der Waals surface area contributed by atoms with Crippen LogP contribution < -0.4 is 0 Å². The maximum absolute atomic E-state index is 12.8. The van der Waals surface area contributed by atoms with Crippen molar-refractivity contribution in [2.45, 2.75) is 6.42 Å². The average Bonchev–Trinajstić information content (AvgIpc) is 3.29. The zero-order valence-corrected chi connectivity index (χ0v) is 18.5. The third-order valence-electron chi connectivity index (χ3n) is 4.59. The third-order valence-corrected chi connectivity index (χ3v) is 6.22. The van der Waals surface area contributed by atoms with Crippen molar-refractivity contribution in [1.82, 2.24) is 14.7 Å². The van der Waals surface area contributed by atoms with E-state index in [1.165, 1.54) is 4.90 Å². The van der Waals surface area contributed by atoms with Gasteiger partial charge in [0.1, 0.15) is 4.32 Å². The first-order valence-corrected chi connectivity index (χ1v) is 10.9. The van der Waals surface area contributed by atoms with Gasteiger partial charge in [0.15, 0.2) is 0 Å². The topological polar surface area (TPSA) is 75.4 Å². The van der Waals surface area contributed by atoms with Gasteiger partial charge < -0.3 is 5.11 Å². The van der Waals surface area contributed by atoms with Gasteiger partial charge in [-0.1, -0.05) is 65.9 Å². The summed E-state index contributed by atoms with van der Waals surface area (Å²) >= 11 is 12.5. The van der Waals surface area contributed by atoms with Crippen LogP contribution in [0.2, 0.25) is 5.02 Å². The molecule has 0 saturated carbocycles. The number of hydrogen-bond donors (Lipinski definition) is 1. The number of carbonyl (C=O) groups is 2. The standard InChI is InChI=1S/C22H16ClN3O3S2/c23-16-8-6-14(7-9-16)20-15(13-26(24-20)17-4-2-1-3-5-17)12-18-21(29)25(22(30)31-18)11-10-19(27)28/h1-9,12-13H,10-11H2,(H,27,28)/b18-12+. The molecular weight excluding hydrogens is 454 g/mol. The van der Waals surface area contributed by atoms with Gasteiger partial charge in [0, 0.05) is 28.9 Å². The summed E-state index contributed by atoms with van der Waals surface area (Å²) in [6, 6.07) is 17.0. The van der Waals surface area contributed by atoms with E-state index in [1.807, 2.05) is 48.7 Å². The van der Waals surface area contributed by atoms with Crippen molar-refractivity contribution in [2.24, 2.45) is 0 Å². The fraction of sp³-hybridized carbons (Fsp3) is 0.0909. The minimum absolute atomic E-state index is 0.0463. The second-order valence-corrected chi connectivity index (χ2v) is 8.81. The van der Waals surface area contributed by atoms with E-state index in [1.54, 1.807) is 22.9 Å². The zero-order valence-electron chi connectivity index (χ0n) is 16.1. The lowest BCUT2D eigenvalue weighted by Gasteiger charge is -2.12. The minimum Gasteiger partial charge on any atom is -0.481 e. The Kier molecular flexibility index (Phi) is 6.22. The van der Waals surface area contributed by atoms with E-state index < -0.39 is 5.97 Å². The first-order chi connectivity index (χ1) is 14.9. The molecule has 3 aromatic rings. The summed E-state index contributed by atoms with van der Waals surface area (Å²) in [6.07, 6.45) is 3.43. The SMILES string of the molecule is O=C(O)CCN1C(=O)/C(=C\c2cn(-c3ccccc3)nc2-c2ccc(Cl)cc2)SC1=S. The second-order valence-electron chi connectivity index (χ2n) is 6.70. The van der Waals surface area contributed by atoms with Crippen LogP contribution in [0.1, 0.15) is 12.0 Å². The highest BCUT2D eigenvalue weighted by molar-refractivity contribution is 8.26. The van der Waals surface area contributed by atoms with Gasteiger partial charge in [0.25, 0.3) is 5.91 Å². The van der Waals surface area contributed by atoms with Crippen LogP contribution in [0, 0.1) is 0 Å². The first-order valence-electron chi connectivity index (χ1n) is 9.30. The number of rotatable bonds is 6. The number of aliphatic carboxylic acids is 1. The molecule has 0 radical (unpaired) electrons. The van der Waals surface area contributed by atoms with Crippen molar-refractivity contribution in [3.8, 4) is 16.9 Å². The van der Waals surface area contributed by atoms with Crippen LogP contribution in [0.5, 0.6) is 0 Å². The number of amides is 1. The van der Waals surface area contributed by atoms with E-state index in [0.29, 0.717) is 19.9 Å². The Morgan fingerprint density at radius 1 is 1.16 bits per heavy atom. The number of nitrogens with zero attached hydrogens (tertiary/aromatic N) is 3. The summed E-state index contributed by atoms with van der Waals surface area (Å²) in [5, 5.41) is 14.3. The molecule has 1 N–H and O–H groups in total. The van der Waals surface area contributed by atoms with E-state index in [4.69, 9.17) is 34.0 Å². The largest absolute Gasteiger partial charge is 0.481 e. The number of carboxylic acid groups (broad SMARTS) is 1. The lowest BCUT2D eigenvalue weighted by Crippen LogP contribution is -2.30. The van der Waals surface area contributed by atoms with Crippen LogP contribution >= 0.6 is 35.6 Å². The van der Waals surface area contributed by atoms with Gasteiger partial charge in [0.05, 0.1) is 22.7 Å². The molecule has 0 bridgehead atoms. The van der Waals surface area contributed by atoms with Crippen molar-refractivity contribution < 1.29 is 14.7 Å². The number of halogens is 1. The monoisotopic (exact) mass is 469 g/mol. The molecule has 1 aliphatic heterocycles. The van der Waals surface area contributed by atoms with Gasteiger partial charge in [-0.25, -0.2) is 4.68 Å². The predicted molar refractivity (Wildman–Crippen MR) is 126 cm³/mol. The molecule has 4 rings (SSSR count). The van der Waals surface area contributed by atoms with Crippen molar-refractivity contribution in [3.63, 3.8) is 0 Å². The highest BCUT2D eigenvalue weighted by Gasteiger charge is 2.32. The molecular formula is C22H16ClN3O3S2. The normalized spacial score (nSPS) is 15.1. The van der Waals surface area contributed by atoms with Crippen molar-refractivity contribution >= 4 is 57.9 Å². The van der Waals surface area contributed by atoms with Gasteiger partial charge in [-0.2, -0.15) is 5.10 Å². The summed E-state index contributed by atoms with van der Waals surface area (Å²) in [4.78, 5) is 25.4. The summed E-state index contributed by atoms with van der Waals surface area (Å²) in [7, 11) is 0. The molecule has 1 amide bonds. The number of aromatic nitrogens is 2. The second kappa shape index (κ2) is 9.05. The smallest absolute Gasteiger partial charge is 0.305 e. The Balaban J connectivity index is 1.74. The number of carboxylic acids is 1. The van der Waals surface area contributed by atoms with Crippen LogP contribution in [0.25, 0.3) is 23.0 Å². The molecule has 2 aromatic carbocycles. The van der Waals surface area contributed by atoms with E-state index in [9.17, 15) is 9.59 Å². The molecule has 1 saturated heterocycles. The summed E-state index contributed by atoms with van der Waals surface area (Å²) in [5.74, 6) is -1.28. The molecule has 6 nitrogen and oxygen atoms in total. The quantitative estimate of drug-likeness (QED) is 0.410. The van der Waals surface area contributed by atoms with Gasteiger partial charge >= 0.3 is 5.97 Å². The number of carbonyl (C=O) groups excluding carboxylic acids is 1. The molecule has 0 spiro atoms. The molecule has 2 heterocycles. The summed E-state index contributed by atoms with van der Waals surface area (Å²) < 4.78 is 2.10. The average molecular weight is 470 g/mol. The number of benzene rings is 2. The van der Waals surface area contributed by atoms with Crippen molar-refractivity contribution in [3.05, 3.63) is 76.3 Å². The van der Waals surface area contributed by atoms with Crippen LogP contribution in [-0.2, 0) is 9.59 Å². The van der Waals surface area contributed by atoms with E-state index in [0.717, 1.165) is 28.6 Å². The highest BCUT2D eigenvalue weighted by atomic mass is 35.5. The highest BCUT2D eigenvalue weighted by Crippen LogP contribution is 2.35. The fourth-order valence-electron chi connectivity index (χ4n) is 3.08. The molecule has 1 aromatic heterocycles. The summed E-state index contributed by atoms with van der Waals surface area (Å²) in [6.45, 7) is 0.0463. The predicted octanol–water partition coefficient (Wildman–Crippen LogP) is 4.87. The maximum Gasteiger partial charge on any atom is 0.305 e. The van der Waals surface area contributed by atoms with Gasteiger partial charge in [0.2, 0.25) is 0 Å². The van der Waals surface area contributed by atoms with Gasteiger partial charge in [-0.3, -0.25) is 14.5 Å². The Morgan fingerprint density at radius 3 is 2.55 bits per heavy atom. The van der Waals surface area contributed by atoms with Crippen LogP contribution in [0.3, 0.4) is 0 Å². The van der Waals surface area contributed by atoms with Crippen molar-refractivity contribution in [2.75, 3.05) is 6.54 Å². The lowest BCUT2D eigenvalue weighted by molar-refractivity contribution is -0.137. The van der Waals surface area contributed by atoms with E-state index in [-0.39, 0.29) is 18.9 Å². The molecule has 156 valence electrons. The Bertz CT molecular complexity index is 1190. The fourth-order valence-corrected chi connectivity index (χ4v) is 4.50. The molecule has 0 aliphatic carbocycles. The number of para-hydroxylation sites is 1. The summed E-state index contributed by atoms with van der Waals surface area (Å²) in [5.41, 5.74) is 3.17. The van der Waals surface area contributed by atoms with Crippen molar-refractivity contribution in [1.29, 1.82) is 0 Å². The zero-order chi connectivity index (χ0) is 22.0. The first kappa shape index (κ1) is 21.3. The van der Waals surface area contributed by atoms with Gasteiger partial charge in [-0.05, 0) is 30.3 Å². The van der Waals surface area contributed by atoms with Crippen LogP contribution in [0.4, 0.5) is 0 Å². The number of hydrogen-bond acceptors (Lipinski definition) is 5. The molecule has 1 aliphatic rings. The Hall–Kier alpha value is -2.94. The number of thiocarbonyl (C=S) groups is 1. The minimum atomic E-state index is -0.979. The number of thioether (sulfide) groups is 1. The van der Waals surface area contributed by atoms with Crippen LogP contribution in [0.15, 0.2) is 65.7 Å². The molecule has 0 atom stereocenters. The molecule has 9 heteroatoms. The molecule has 1 fully saturated rings. The van der Waals surface area contributed by atoms with Gasteiger partial charge in [-0.15, -0.1) is 0 Å².